The average molecular weight is 506 g/mol. The number of carbonyl (C=O) groups excluding carboxylic acids is 2. The number of hydrogen-bond acceptors (Lipinski definition) is 5. The highest BCUT2D eigenvalue weighted by atomic mass is 19.3. The number of alkyl halides is 2. The molecule has 3 aromatic carbocycles. The van der Waals surface area contributed by atoms with Crippen LogP contribution in [0.3, 0.4) is 0 Å². The predicted octanol–water partition coefficient (Wildman–Crippen LogP) is 4.69. The standard InChI is InChI=1S/C27H25F2N5O3/c28-27(29)37-22-11-7-20(8-12-22)26(36)33-15-13-19(14-16-33)18-5-9-21(10-6-18)30-25(35)17-34-24-4-2-1-3-23(24)31-32-34/h1-12,19,27H,13-17H2,(H,30,35). The zero-order chi connectivity index (χ0) is 25.8. The maximum atomic E-state index is 12.8. The Balaban J connectivity index is 1.12. The van der Waals surface area contributed by atoms with E-state index in [9.17, 15) is 18.4 Å². The van der Waals surface area contributed by atoms with E-state index in [1.807, 2.05) is 48.5 Å². The molecule has 0 unspecified atom stereocenters. The van der Waals surface area contributed by atoms with Gasteiger partial charge in [0.1, 0.15) is 17.8 Å². The molecule has 1 aromatic heterocycles. The summed E-state index contributed by atoms with van der Waals surface area (Å²) < 4.78 is 30.5. The molecular formula is C27H25F2N5O3. The van der Waals surface area contributed by atoms with Gasteiger partial charge in [0.15, 0.2) is 0 Å². The van der Waals surface area contributed by atoms with Gasteiger partial charge in [0.05, 0.1) is 5.52 Å². The highest BCUT2D eigenvalue weighted by molar-refractivity contribution is 5.94. The Labute approximate surface area is 211 Å². The summed E-state index contributed by atoms with van der Waals surface area (Å²) in [7, 11) is 0. The van der Waals surface area contributed by atoms with E-state index in [0.29, 0.717) is 30.3 Å². The Morgan fingerprint density at radius 1 is 0.973 bits per heavy atom. The molecule has 0 radical (unpaired) electrons. The lowest BCUT2D eigenvalue weighted by atomic mass is 9.89. The third kappa shape index (κ3) is 5.74. The Morgan fingerprint density at radius 2 is 1.68 bits per heavy atom. The van der Waals surface area contributed by atoms with Crippen LogP contribution in [0.25, 0.3) is 11.0 Å². The van der Waals surface area contributed by atoms with Crippen molar-refractivity contribution in [3.63, 3.8) is 0 Å². The van der Waals surface area contributed by atoms with E-state index < -0.39 is 6.61 Å². The lowest BCUT2D eigenvalue weighted by Gasteiger charge is -2.32. The van der Waals surface area contributed by atoms with Crippen molar-refractivity contribution in [2.75, 3.05) is 18.4 Å². The van der Waals surface area contributed by atoms with Crippen LogP contribution in [-0.4, -0.2) is 51.4 Å². The van der Waals surface area contributed by atoms with Crippen LogP contribution < -0.4 is 10.1 Å². The number of halogens is 2. The molecule has 10 heteroatoms. The van der Waals surface area contributed by atoms with Crippen LogP contribution in [0, 0.1) is 0 Å². The van der Waals surface area contributed by atoms with E-state index >= 15 is 0 Å². The van der Waals surface area contributed by atoms with Gasteiger partial charge < -0.3 is 15.0 Å². The molecule has 0 bridgehead atoms. The summed E-state index contributed by atoms with van der Waals surface area (Å²) in [5.41, 5.74) is 3.84. The molecule has 8 nitrogen and oxygen atoms in total. The van der Waals surface area contributed by atoms with E-state index in [2.05, 4.69) is 20.4 Å². The van der Waals surface area contributed by atoms with E-state index in [-0.39, 0.29) is 24.1 Å². The molecule has 1 N–H and O–H groups in total. The molecule has 5 rings (SSSR count). The minimum Gasteiger partial charge on any atom is -0.435 e. The fourth-order valence-electron chi connectivity index (χ4n) is 4.59. The van der Waals surface area contributed by atoms with Gasteiger partial charge in [-0.3, -0.25) is 9.59 Å². The smallest absolute Gasteiger partial charge is 0.387 e. The molecular weight excluding hydrogens is 480 g/mol. The van der Waals surface area contributed by atoms with E-state index in [1.54, 1.807) is 9.58 Å². The Hall–Kier alpha value is -4.34. The van der Waals surface area contributed by atoms with Crippen LogP contribution in [-0.2, 0) is 11.3 Å². The average Bonchev–Trinajstić information content (AvgIpc) is 3.31. The van der Waals surface area contributed by atoms with Gasteiger partial charge in [-0.15, -0.1) is 5.10 Å². The number of likely N-dealkylation sites (tertiary alicyclic amines) is 1. The highest BCUT2D eigenvalue weighted by Gasteiger charge is 2.25. The van der Waals surface area contributed by atoms with Gasteiger partial charge in [0.2, 0.25) is 5.91 Å². The molecule has 0 aliphatic carbocycles. The van der Waals surface area contributed by atoms with Gasteiger partial charge in [-0.1, -0.05) is 29.5 Å². The quantitative estimate of drug-likeness (QED) is 0.394. The van der Waals surface area contributed by atoms with E-state index in [1.165, 1.54) is 24.3 Å². The number of ether oxygens (including phenoxy) is 1. The first-order chi connectivity index (χ1) is 18.0. The maximum absolute atomic E-state index is 12.8. The van der Waals surface area contributed by atoms with Crippen LogP contribution >= 0.6 is 0 Å². The number of hydrogen-bond donors (Lipinski definition) is 1. The van der Waals surface area contributed by atoms with Crippen LogP contribution in [0.1, 0.15) is 34.7 Å². The van der Waals surface area contributed by atoms with Gasteiger partial charge in [-0.25, -0.2) is 4.68 Å². The van der Waals surface area contributed by atoms with Gasteiger partial charge in [0.25, 0.3) is 5.91 Å². The molecule has 2 amide bonds. The monoisotopic (exact) mass is 505 g/mol. The molecule has 190 valence electrons. The van der Waals surface area contributed by atoms with Gasteiger partial charge >= 0.3 is 6.61 Å². The summed E-state index contributed by atoms with van der Waals surface area (Å²) in [6.45, 7) is -1.63. The summed E-state index contributed by atoms with van der Waals surface area (Å²) >= 11 is 0. The van der Waals surface area contributed by atoms with Crippen molar-refractivity contribution in [1.82, 2.24) is 19.9 Å². The van der Waals surface area contributed by atoms with Crippen molar-refractivity contribution in [3.05, 3.63) is 83.9 Å². The van der Waals surface area contributed by atoms with Gasteiger partial charge in [-0.2, -0.15) is 8.78 Å². The molecule has 1 aliphatic heterocycles. The van der Waals surface area contributed by atoms with Crippen LogP contribution in [0.2, 0.25) is 0 Å². The van der Waals surface area contributed by atoms with Crippen molar-refractivity contribution in [1.29, 1.82) is 0 Å². The molecule has 1 fully saturated rings. The van der Waals surface area contributed by atoms with Crippen LogP contribution in [0.4, 0.5) is 14.5 Å². The molecule has 1 saturated heterocycles. The summed E-state index contributed by atoms with van der Waals surface area (Å²) in [6.07, 6.45) is 1.62. The summed E-state index contributed by atoms with van der Waals surface area (Å²) in [5, 5.41) is 11.0. The number of para-hydroxylation sites is 1. The first-order valence-electron chi connectivity index (χ1n) is 12.0. The highest BCUT2D eigenvalue weighted by Crippen LogP contribution is 2.30. The number of nitrogens with one attached hydrogen (secondary N) is 1. The fourth-order valence-corrected chi connectivity index (χ4v) is 4.59. The Morgan fingerprint density at radius 3 is 2.38 bits per heavy atom. The third-order valence-corrected chi connectivity index (χ3v) is 6.49. The fraction of sp³-hybridized carbons (Fsp3) is 0.259. The number of piperidine rings is 1. The molecule has 2 heterocycles. The Bertz CT molecular complexity index is 1380. The lowest BCUT2D eigenvalue weighted by molar-refractivity contribution is -0.116. The second-order valence-corrected chi connectivity index (χ2v) is 8.88. The van der Waals surface area contributed by atoms with Gasteiger partial charge in [-0.05, 0) is 72.9 Å². The van der Waals surface area contributed by atoms with Crippen molar-refractivity contribution >= 4 is 28.5 Å². The number of fused-ring (bicyclic) bond motifs is 1. The molecule has 1 aliphatic rings. The number of aromatic nitrogens is 3. The van der Waals surface area contributed by atoms with Crippen molar-refractivity contribution in [3.8, 4) is 5.75 Å². The minimum atomic E-state index is -2.90. The maximum Gasteiger partial charge on any atom is 0.387 e. The molecule has 0 spiro atoms. The number of anilines is 1. The summed E-state index contributed by atoms with van der Waals surface area (Å²) in [5.74, 6) is 0.0122. The number of benzene rings is 3. The lowest BCUT2D eigenvalue weighted by Crippen LogP contribution is -2.37. The van der Waals surface area contributed by atoms with Gasteiger partial charge in [0, 0.05) is 24.3 Å². The zero-order valence-corrected chi connectivity index (χ0v) is 19.9. The van der Waals surface area contributed by atoms with Crippen molar-refractivity contribution in [2.45, 2.75) is 31.9 Å². The predicted molar refractivity (Wildman–Crippen MR) is 134 cm³/mol. The summed E-state index contributed by atoms with van der Waals surface area (Å²) in [4.78, 5) is 27.1. The largest absolute Gasteiger partial charge is 0.435 e. The Kier molecular flexibility index (Phi) is 7.07. The number of nitrogens with zero attached hydrogens (tertiary/aromatic N) is 4. The minimum absolute atomic E-state index is 0.0248. The molecule has 0 atom stereocenters. The second-order valence-electron chi connectivity index (χ2n) is 8.88. The van der Waals surface area contributed by atoms with E-state index in [0.717, 1.165) is 29.4 Å². The van der Waals surface area contributed by atoms with Crippen LogP contribution in [0.5, 0.6) is 5.75 Å². The second kappa shape index (κ2) is 10.7. The molecule has 0 saturated carbocycles. The topological polar surface area (TPSA) is 89.4 Å². The van der Waals surface area contributed by atoms with Crippen molar-refractivity contribution < 1.29 is 23.1 Å². The first-order valence-corrected chi connectivity index (χ1v) is 12.0. The normalized spacial score (nSPS) is 14.2. The molecule has 4 aromatic rings. The number of amides is 2. The zero-order valence-electron chi connectivity index (χ0n) is 19.9. The SMILES string of the molecule is O=C(Cn1nnc2ccccc21)Nc1ccc(C2CCN(C(=O)c3ccc(OC(F)F)cc3)CC2)cc1. The number of rotatable bonds is 7. The summed E-state index contributed by atoms with van der Waals surface area (Å²) in [6, 6.07) is 21.0. The van der Waals surface area contributed by atoms with Crippen molar-refractivity contribution in [2.24, 2.45) is 0 Å². The van der Waals surface area contributed by atoms with E-state index in [4.69, 9.17) is 0 Å². The third-order valence-electron chi connectivity index (χ3n) is 6.49. The molecule has 37 heavy (non-hydrogen) atoms. The van der Waals surface area contributed by atoms with Crippen LogP contribution in [0.15, 0.2) is 72.8 Å². The number of carbonyl (C=O) groups is 2. The first kappa shape index (κ1) is 24.4.